The van der Waals surface area contributed by atoms with Crippen molar-refractivity contribution in [3.8, 4) is 0 Å². The van der Waals surface area contributed by atoms with E-state index >= 15 is 0 Å². The molecule has 84 valence electrons. The SMILES string of the molecule is CCSc1ccc(C(CSC)NC)cc1. The normalized spacial score (nSPS) is 12.7. The maximum absolute atomic E-state index is 3.34. The molecule has 1 unspecified atom stereocenters. The van der Waals surface area contributed by atoms with Gasteiger partial charge in [0.15, 0.2) is 0 Å². The average Bonchev–Trinajstić information content (AvgIpc) is 2.28. The van der Waals surface area contributed by atoms with Gasteiger partial charge in [0.25, 0.3) is 0 Å². The summed E-state index contributed by atoms with van der Waals surface area (Å²) in [7, 11) is 2.02. The summed E-state index contributed by atoms with van der Waals surface area (Å²) in [6.45, 7) is 2.18. The van der Waals surface area contributed by atoms with Crippen molar-refractivity contribution in [3.05, 3.63) is 29.8 Å². The maximum atomic E-state index is 3.34. The van der Waals surface area contributed by atoms with E-state index in [0.29, 0.717) is 6.04 Å². The Bertz CT molecular complexity index is 271. The second-order valence-corrected chi connectivity index (χ2v) is 5.55. The second kappa shape index (κ2) is 7.20. The van der Waals surface area contributed by atoms with Crippen LogP contribution in [0.5, 0.6) is 0 Å². The lowest BCUT2D eigenvalue weighted by molar-refractivity contribution is 0.662. The largest absolute Gasteiger partial charge is 0.312 e. The highest BCUT2D eigenvalue weighted by atomic mass is 32.2. The summed E-state index contributed by atoms with van der Waals surface area (Å²) < 4.78 is 0. The summed E-state index contributed by atoms with van der Waals surface area (Å²) >= 11 is 3.77. The van der Waals surface area contributed by atoms with Gasteiger partial charge >= 0.3 is 0 Å². The van der Waals surface area contributed by atoms with Crippen molar-refractivity contribution in [1.82, 2.24) is 5.32 Å². The van der Waals surface area contributed by atoms with Crippen LogP contribution in [0.4, 0.5) is 0 Å². The fourth-order valence-electron chi connectivity index (χ4n) is 1.48. The zero-order valence-electron chi connectivity index (χ0n) is 9.62. The Kier molecular flexibility index (Phi) is 6.22. The molecule has 0 aliphatic heterocycles. The van der Waals surface area contributed by atoms with E-state index in [1.165, 1.54) is 10.5 Å². The van der Waals surface area contributed by atoms with E-state index in [1.807, 2.05) is 30.6 Å². The monoisotopic (exact) mass is 241 g/mol. The lowest BCUT2D eigenvalue weighted by Gasteiger charge is -2.15. The fraction of sp³-hybridized carbons (Fsp3) is 0.500. The molecule has 0 saturated carbocycles. The van der Waals surface area contributed by atoms with E-state index in [-0.39, 0.29) is 0 Å². The summed E-state index contributed by atoms with van der Waals surface area (Å²) in [4.78, 5) is 1.36. The highest BCUT2D eigenvalue weighted by Crippen LogP contribution is 2.22. The summed E-state index contributed by atoms with van der Waals surface area (Å²) in [6.07, 6.45) is 2.14. The second-order valence-electron chi connectivity index (χ2n) is 3.30. The van der Waals surface area contributed by atoms with Gasteiger partial charge in [-0.05, 0) is 36.8 Å². The van der Waals surface area contributed by atoms with Gasteiger partial charge in [-0.2, -0.15) is 11.8 Å². The maximum Gasteiger partial charge on any atom is 0.0409 e. The van der Waals surface area contributed by atoms with Gasteiger partial charge in [0.05, 0.1) is 0 Å². The molecule has 0 aliphatic carbocycles. The first-order chi connectivity index (χ1) is 7.31. The molecule has 1 aromatic carbocycles. The van der Waals surface area contributed by atoms with Crippen LogP contribution in [0.3, 0.4) is 0 Å². The lowest BCUT2D eigenvalue weighted by atomic mass is 10.1. The quantitative estimate of drug-likeness (QED) is 0.766. The highest BCUT2D eigenvalue weighted by molar-refractivity contribution is 7.99. The molecular formula is C12H19NS2. The number of hydrogen-bond acceptors (Lipinski definition) is 3. The Morgan fingerprint density at radius 1 is 1.27 bits per heavy atom. The molecule has 0 fully saturated rings. The first-order valence-electron chi connectivity index (χ1n) is 5.20. The summed E-state index contributed by atoms with van der Waals surface area (Å²) in [5.41, 5.74) is 1.38. The van der Waals surface area contributed by atoms with Crippen LogP contribution in [0, 0.1) is 0 Å². The molecule has 0 spiro atoms. The van der Waals surface area contributed by atoms with Crippen molar-refractivity contribution in [3.63, 3.8) is 0 Å². The number of benzene rings is 1. The molecule has 1 nitrogen and oxygen atoms in total. The smallest absolute Gasteiger partial charge is 0.0409 e. The average molecular weight is 241 g/mol. The van der Waals surface area contributed by atoms with Crippen LogP contribution in [-0.4, -0.2) is 24.8 Å². The van der Waals surface area contributed by atoms with Gasteiger partial charge in [-0.25, -0.2) is 0 Å². The van der Waals surface area contributed by atoms with Crippen LogP contribution in [0.2, 0.25) is 0 Å². The van der Waals surface area contributed by atoms with Gasteiger partial charge in [0, 0.05) is 16.7 Å². The molecule has 0 aromatic heterocycles. The third-order valence-electron chi connectivity index (χ3n) is 2.28. The van der Waals surface area contributed by atoms with Crippen molar-refractivity contribution < 1.29 is 0 Å². The summed E-state index contributed by atoms with van der Waals surface area (Å²) in [6, 6.07) is 9.37. The molecule has 0 saturated heterocycles. The first-order valence-corrected chi connectivity index (χ1v) is 7.58. The van der Waals surface area contributed by atoms with Crippen LogP contribution < -0.4 is 5.32 Å². The first kappa shape index (κ1) is 12.9. The molecule has 0 radical (unpaired) electrons. The van der Waals surface area contributed by atoms with Gasteiger partial charge in [0.2, 0.25) is 0 Å². The molecule has 0 heterocycles. The lowest BCUT2D eigenvalue weighted by Crippen LogP contribution is -2.18. The Balaban J connectivity index is 2.68. The molecule has 3 heteroatoms. The highest BCUT2D eigenvalue weighted by Gasteiger charge is 2.07. The standard InChI is InChI=1S/C12H19NS2/c1-4-15-11-7-5-10(6-8-11)12(13-2)9-14-3/h5-8,12-13H,4,9H2,1-3H3. The summed E-state index contributed by atoms with van der Waals surface area (Å²) in [5, 5.41) is 3.34. The molecule has 1 aromatic rings. The Morgan fingerprint density at radius 3 is 2.40 bits per heavy atom. The molecule has 1 N–H and O–H groups in total. The van der Waals surface area contributed by atoms with Gasteiger partial charge < -0.3 is 5.32 Å². The van der Waals surface area contributed by atoms with E-state index in [9.17, 15) is 0 Å². The van der Waals surface area contributed by atoms with Crippen molar-refractivity contribution >= 4 is 23.5 Å². The van der Waals surface area contributed by atoms with Crippen LogP contribution in [0.15, 0.2) is 29.2 Å². The van der Waals surface area contributed by atoms with E-state index in [4.69, 9.17) is 0 Å². The molecule has 0 amide bonds. The molecular weight excluding hydrogens is 222 g/mol. The Morgan fingerprint density at radius 2 is 1.93 bits per heavy atom. The minimum absolute atomic E-state index is 0.473. The third-order valence-corrected chi connectivity index (χ3v) is 3.84. The fourth-order valence-corrected chi connectivity index (χ4v) is 2.83. The Hall–Kier alpha value is -0.120. The number of thioether (sulfide) groups is 2. The van der Waals surface area contributed by atoms with Crippen LogP contribution >= 0.6 is 23.5 Å². The number of hydrogen-bond donors (Lipinski definition) is 1. The molecule has 15 heavy (non-hydrogen) atoms. The number of rotatable bonds is 6. The zero-order chi connectivity index (χ0) is 11.1. The molecule has 1 rings (SSSR count). The Labute approximate surface area is 101 Å². The van der Waals surface area contributed by atoms with Crippen molar-refractivity contribution in [2.75, 3.05) is 24.8 Å². The molecule has 0 bridgehead atoms. The van der Waals surface area contributed by atoms with E-state index in [2.05, 4.69) is 42.8 Å². The van der Waals surface area contributed by atoms with Gasteiger partial charge in [-0.3, -0.25) is 0 Å². The van der Waals surface area contributed by atoms with Crippen LogP contribution in [0.25, 0.3) is 0 Å². The van der Waals surface area contributed by atoms with Crippen molar-refractivity contribution in [1.29, 1.82) is 0 Å². The third kappa shape index (κ3) is 4.09. The van der Waals surface area contributed by atoms with Crippen molar-refractivity contribution in [2.45, 2.75) is 17.9 Å². The van der Waals surface area contributed by atoms with Crippen LogP contribution in [-0.2, 0) is 0 Å². The zero-order valence-corrected chi connectivity index (χ0v) is 11.3. The van der Waals surface area contributed by atoms with Gasteiger partial charge in [-0.1, -0.05) is 19.1 Å². The minimum atomic E-state index is 0.473. The topological polar surface area (TPSA) is 12.0 Å². The molecule has 1 atom stereocenters. The van der Waals surface area contributed by atoms with E-state index < -0.39 is 0 Å². The van der Waals surface area contributed by atoms with Crippen LogP contribution in [0.1, 0.15) is 18.5 Å². The number of nitrogens with one attached hydrogen (secondary N) is 1. The predicted molar refractivity (Wildman–Crippen MR) is 73.0 cm³/mol. The van der Waals surface area contributed by atoms with E-state index in [0.717, 1.165) is 11.5 Å². The van der Waals surface area contributed by atoms with Gasteiger partial charge in [0.1, 0.15) is 0 Å². The van der Waals surface area contributed by atoms with Crippen molar-refractivity contribution in [2.24, 2.45) is 0 Å². The minimum Gasteiger partial charge on any atom is -0.312 e. The summed E-state index contributed by atoms with van der Waals surface area (Å²) in [5.74, 6) is 2.26. The van der Waals surface area contributed by atoms with E-state index in [1.54, 1.807) is 0 Å². The van der Waals surface area contributed by atoms with Gasteiger partial charge in [-0.15, -0.1) is 11.8 Å². The predicted octanol–water partition coefficient (Wildman–Crippen LogP) is 3.42. The molecule has 0 aliphatic rings.